The second-order valence-corrected chi connectivity index (χ2v) is 9.15. The number of amides is 2. The van der Waals surface area contributed by atoms with E-state index in [0.717, 1.165) is 32.2 Å². The summed E-state index contributed by atoms with van der Waals surface area (Å²) in [6.07, 6.45) is 5.32. The number of rotatable bonds is 6. The molecule has 0 saturated heterocycles. The number of aromatic nitrogens is 2. The van der Waals surface area contributed by atoms with Crippen LogP contribution in [0.1, 0.15) is 74.2 Å². The number of aryl methyl sites for hydroxylation is 1. The van der Waals surface area contributed by atoms with Crippen LogP contribution in [0.4, 0.5) is 0 Å². The maximum absolute atomic E-state index is 13.6. The number of fused-ring (bicyclic) bond motifs is 1. The normalized spacial score (nSPS) is 17.8. The zero-order valence-corrected chi connectivity index (χ0v) is 20.5. The molecule has 7 heteroatoms. The van der Waals surface area contributed by atoms with Gasteiger partial charge in [-0.1, -0.05) is 32.9 Å². The van der Waals surface area contributed by atoms with E-state index in [1.807, 2.05) is 57.9 Å². The molecule has 33 heavy (non-hydrogen) atoms. The third kappa shape index (κ3) is 6.36. The summed E-state index contributed by atoms with van der Waals surface area (Å²) in [7, 11) is 0. The van der Waals surface area contributed by atoms with Gasteiger partial charge in [0.25, 0.3) is 11.8 Å². The molecule has 0 aliphatic carbocycles. The van der Waals surface area contributed by atoms with E-state index in [0.29, 0.717) is 49.2 Å². The molecule has 1 aliphatic rings. The number of benzene rings is 1. The fraction of sp³-hybridized carbons (Fsp3) is 0.577. The maximum Gasteiger partial charge on any atom is 0.274 e. The van der Waals surface area contributed by atoms with Crippen molar-refractivity contribution in [2.45, 2.75) is 66.0 Å². The fourth-order valence-corrected chi connectivity index (χ4v) is 4.37. The Balaban J connectivity index is 1.91. The van der Waals surface area contributed by atoms with E-state index in [1.54, 1.807) is 0 Å². The van der Waals surface area contributed by atoms with Gasteiger partial charge in [-0.05, 0) is 56.7 Å². The molecule has 1 aromatic heterocycles. The summed E-state index contributed by atoms with van der Waals surface area (Å²) in [5, 5.41) is 4.52. The van der Waals surface area contributed by atoms with Gasteiger partial charge in [-0.3, -0.25) is 14.3 Å². The van der Waals surface area contributed by atoms with E-state index in [2.05, 4.69) is 25.9 Å². The van der Waals surface area contributed by atoms with E-state index in [1.165, 1.54) is 0 Å². The molecule has 0 fully saturated rings. The summed E-state index contributed by atoms with van der Waals surface area (Å²) in [5.41, 5.74) is 1.06. The topological polar surface area (TPSA) is 67.7 Å². The van der Waals surface area contributed by atoms with Gasteiger partial charge < -0.3 is 14.5 Å². The molecular weight excluding hydrogens is 416 g/mol. The Morgan fingerprint density at radius 2 is 1.91 bits per heavy atom. The predicted molar refractivity (Wildman–Crippen MR) is 130 cm³/mol. The predicted octanol–water partition coefficient (Wildman–Crippen LogP) is 4.48. The number of hydrogen-bond acceptors (Lipinski definition) is 4. The van der Waals surface area contributed by atoms with Crippen LogP contribution in [0.3, 0.4) is 0 Å². The van der Waals surface area contributed by atoms with Crippen molar-refractivity contribution in [2.24, 2.45) is 5.92 Å². The van der Waals surface area contributed by atoms with Crippen LogP contribution >= 0.6 is 0 Å². The summed E-state index contributed by atoms with van der Waals surface area (Å²) in [6.45, 7) is 11.5. The number of hydrogen-bond donors (Lipinski definition) is 0. The minimum atomic E-state index is -0.0984. The van der Waals surface area contributed by atoms with E-state index in [-0.39, 0.29) is 17.9 Å². The molecule has 2 heterocycles. The molecule has 1 aliphatic heterocycles. The highest BCUT2D eigenvalue weighted by Gasteiger charge is 2.29. The van der Waals surface area contributed by atoms with Gasteiger partial charge in [0.15, 0.2) is 0 Å². The first-order valence-electron chi connectivity index (χ1n) is 12.3. The number of para-hydroxylation sites is 1. The minimum absolute atomic E-state index is 0.00322. The van der Waals surface area contributed by atoms with Crippen LogP contribution in [0.15, 0.2) is 36.5 Å². The number of nitrogens with zero attached hydrogens (tertiary/aromatic N) is 4. The average Bonchev–Trinajstić information content (AvgIpc) is 3.27. The van der Waals surface area contributed by atoms with Gasteiger partial charge in [0, 0.05) is 32.4 Å². The first kappa shape index (κ1) is 24.8. The lowest BCUT2D eigenvalue weighted by molar-refractivity contribution is 0.0549. The Morgan fingerprint density at radius 1 is 1.15 bits per heavy atom. The van der Waals surface area contributed by atoms with Crippen molar-refractivity contribution in [2.75, 3.05) is 26.2 Å². The zero-order valence-electron chi connectivity index (χ0n) is 20.5. The second kappa shape index (κ2) is 11.9. The van der Waals surface area contributed by atoms with E-state index in [4.69, 9.17) is 4.74 Å². The smallest absolute Gasteiger partial charge is 0.274 e. The molecule has 2 amide bonds. The fourth-order valence-electron chi connectivity index (χ4n) is 4.37. The average molecular weight is 455 g/mol. The van der Waals surface area contributed by atoms with Crippen molar-refractivity contribution in [3.05, 3.63) is 47.8 Å². The van der Waals surface area contributed by atoms with E-state index >= 15 is 0 Å². The highest BCUT2D eigenvalue weighted by atomic mass is 16.5. The Kier molecular flexibility index (Phi) is 8.92. The van der Waals surface area contributed by atoms with E-state index in [9.17, 15) is 9.59 Å². The van der Waals surface area contributed by atoms with Gasteiger partial charge in [0.1, 0.15) is 18.1 Å². The van der Waals surface area contributed by atoms with E-state index < -0.39 is 0 Å². The first-order chi connectivity index (χ1) is 15.9. The van der Waals surface area contributed by atoms with Crippen molar-refractivity contribution in [1.29, 1.82) is 0 Å². The lowest BCUT2D eigenvalue weighted by Gasteiger charge is -2.34. The van der Waals surface area contributed by atoms with Crippen LogP contribution in [0.2, 0.25) is 0 Å². The first-order valence-corrected chi connectivity index (χ1v) is 12.3. The molecule has 0 spiro atoms. The summed E-state index contributed by atoms with van der Waals surface area (Å²) >= 11 is 0. The Morgan fingerprint density at radius 3 is 2.64 bits per heavy atom. The van der Waals surface area contributed by atoms with Gasteiger partial charge in [-0.2, -0.15) is 5.10 Å². The summed E-state index contributed by atoms with van der Waals surface area (Å²) in [5.74, 6) is 0.929. The lowest BCUT2D eigenvalue weighted by Crippen LogP contribution is -2.46. The lowest BCUT2D eigenvalue weighted by atomic mass is 10.0. The zero-order chi connectivity index (χ0) is 23.8. The quantitative estimate of drug-likeness (QED) is 0.645. The van der Waals surface area contributed by atoms with Crippen molar-refractivity contribution in [1.82, 2.24) is 19.6 Å². The van der Waals surface area contributed by atoms with Gasteiger partial charge in [-0.15, -0.1) is 0 Å². The highest BCUT2D eigenvalue weighted by molar-refractivity contribution is 5.97. The summed E-state index contributed by atoms with van der Waals surface area (Å²) in [4.78, 5) is 30.5. The molecule has 2 aromatic rings. The SMILES string of the molecule is CCCn1ccc(C(=O)N2CCCCN(CC)C(=O)c3ccccc3OC[C@@H]2CC(C)C)n1. The van der Waals surface area contributed by atoms with Crippen LogP contribution in [0.5, 0.6) is 5.75 Å². The molecular formula is C26H38N4O3. The number of ether oxygens (including phenoxy) is 1. The molecule has 0 unspecified atom stereocenters. The molecule has 7 nitrogen and oxygen atoms in total. The van der Waals surface area contributed by atoms with Crippen LogP contribution in [-0.4, -0.2) is 63.7 Å². The second-order valence-electron chi connectivity index (χ2n) is 9.15. The Hall–Kier alpha value is -2.83. The minimum Gasteiger partial charge on any atom is -0.491 e. The molecule has 1 aromatic carbocycles. The van der Waals surface area contributed by atoms with Gasteiger partial charge in [-0.25, -0.2) is 0 Å². The Bertz CT molecular complexity index is 924. The molecule has 0 saturated carbocycles. The molecule has 0 N–H and O–H groups in total. The van der Waals surface area contributed by atoms with Crippen molar-refractivity contribution in [3.8, 4) is 5.75 Å². The molecule has 1 atom stereocenters. The number of carbonyl (C=O) groups is 2. The monoisotopic (exact) mass is 454 g/mol. The summed E-state index contributed by atoms with van der Waals surface area (Å²) < 4.78 is 8.06. The third-order valence-corrected chi connectivity index (χ3v) is 6.05. The molecule has 180 valence electrons. The molecule has 3 rings (SSSR count). The third-order valence-electron chi connectivity index (χ3n) is 6.05. The maximum atomic E-state index is 13.6. The van der Waals surface area contributed by atoms with Crippen molar-refractivity contribution >= 4 is 11.8 Å². The van der Waals surface area contributed by atoms with Crippen molar-refractivity contribution in [3.63, 3.8) is 0 Å². The van der Waals surface area contributed by atoms with Gasteiger partial charge in [0.05, 0.1) is 11.6 Å². The van der Waals surface area contributed by atoms with Gasteiger partial charge >= 0.3 is 0 Å². The number of carbonyl (C=O) groups excluding carboxylic acids is 2. The van der Waals surface area contributed by atoms with Crippen molar-refractivity contribution < 1.29 is 14.3 Å². The van der Waals surface area contributed by atoms with Crippen LogP contribution in [-0.2, 0) is 6.54 Å². The van der Waals surface area contributed by atoms with Crippen LogP contribution in [0, 0.1) is 5.92 Å². The Labute approximate surface area is 197 Å². The van der Waals surface area contributed by atoms with Crippen LogP contribution in [0.25, 0.3) is 0 Å². The largest absolute Gasteiger partial charge is 0.491 e. The highest BCUT2D eigenvalue weighted by Crippen LogP contribution is 2.24. The molecule has 0 radical (unpaired) electrons. The summed E-state index contributed by atoms with van der Waals surface area (Å²) in [6, 6.07) is 9.14. The molecule has 0 bridgehead atoms. The van der Waals surface area contributed by atoms with Gasteiger partial charge in [0.2, 0.25) is 0 Å². The van der Waals surface area contributed by atoms with Crippen LogP contribution < -0.4 is 4.74 Å². The standard InChI is InChI=1S/C26H38N4O3/c1-5-14-29-17-13-23(27-29)26(32)30-16-10-9-15-28(6-2)25(31)22-11-7-8-12-24(22)33-19-21(30)18-20(3)4/h7-8,11-13,17,20-21H,5-6,9-10,14-16,18-19H2,1-4H3/t21-/m0/s1.